The summed E-state index contributed by atoms with van der Waals surface area (Å²) in [5, 5.41) is 23.8. The van der Waals surface area contributed by atoms with Crippen LogP contribution < -0.4 is 10.6 Å². The zero-order chi connectivity index (χ0) is 18.3. The van der Waals surface area contributed by atoms with Gasteiger partial charge in [0.1, 0.15) is 11.3 Å². The van der Waals surface area contributed by atoms with Gasteiger partial charge in [0.2, 0.25) is 5.91 Å². The van der Waals surface area contributed by atoms with E-state index >= 15 is 0 Å². The van der Waals surface area contributed by atoms with Crippen LogP contribution >= 0.6 is 11.3 Å². The lowest BCUT2D eigenvalue weighted by Crippen LogP contribution is -2.53. The van der Waals surface area contributed by atoms with E-state index in [1.807, 2.05) is 42.8 Å². The number of thiophene rings is 1. The molecule has 136 valence electrons. The normalized spacial score (nSPS) is 24.9. The molecule has 2 aromatic rings. The lowest BCUT2D eigenvalue weighted by Gasteiger charge is -2.35. The van der Waals surface area contributed by atoms with E-state index in [-0.39, 0.29) is 18.4 Å². The fraction of sp³-hybridized carbons (Fsp3) is 0.368. The van der Waals surface area contributed by atoms with Crippen LogP contribution in [0.4, 0.5) is 0 Å². The van der Waals surface area contributed by atoms with Crippen molar-refractivity contribution in [3.63, 3.8) is 0 Å². The zero-order valence-electron chi connectivity index (χ0n) is 14.7. The van der Waals surface area contributed by atoms with Crippen LogP contribution in [0.2, 0.25) is 0 Å². The molecule has 2 unspecified atom stereocenters. The van der Waals surface area contributed by atoms with Gasteiger partial charge >= 0.3 is 0 Å². The molecule has 0 spiro atoms. The fourth-order valence-electron chi connectivity index (χ4n) is 4.11. The number of aliphatic hydroxyl groups excluding tert-OH is 1. The molecule has 2 atom stereocenters. The maximum absolute atomic E-state index is 13.0. The Balaban J connectivity index is 1.78. The number of nitrogens with zero attached hydrogens (tertiary/aromatic N) is 1. The third-order valence-electron chi connectivity index (χ3n) is 5.25. The highest BCUT2D eigenvalue weighted by Gasteiger charge is 2.54. The molecule has 7 heteroatoms. The van der Waals surface area contributed by atoms with Crippen molar-refractivity contribution in [1.29, 1.82) is 0 Å². The number of aromatic nitrogens is 1. The Morgan fingerprint density at radius 3 is 2.96 bits per heavy atom. The highest BCUT2D eigenvalue weighted by Crippen LogP contribution is 2.47. The third kappa shape index (κ3) is 2.46. The first-order chi connectivity index (χ1) is 12.6. The molecule has 6 nitrogen and oxygen atoms in total. The smallest absolute Gasteiger partial charge is 0.249 e. The summed E-state index contributed by atoms with van der Waals surface area (Å²) in [5.74, 6) is 0.631. The second-order valence-electron chi connectivity index (χ2n) is 6.69. The quantitative estimate of drug-likeness (QED) is 0.750. The summed E-state index contributed by atoms with van der Waals surface area (Å²) in [4.78, 5) is 13.0. The van der Waals surface area contributed by atoms with Crippen LogP contribution in [0.3, 0.4) is 0 Å². The van der Waals surface area contributed by atoms with E-state index in [9.17, 15) is 9.90 Å². The lowest BCUT2D eigenvalue weighted by molar-refractivity contribution is -0.126. The van der Waals surface area contributed by atoms with E-state index in [0.29, 0.717) is 13.0 Å². The summed E-state index contributed by atoms with van der Waals surface area (Å²) in [6.07, 6.45) is 4.69. The first-order valence-corrected chi connectivity index (χ1v) is 9.56. The minimum absolute atomic E-state index is 0.0303. The standard InChI is InChI=1S/C19H21N3O3S/c1-11-17(12(2)25-22-11)13-3-4-16-15(9-13)19(18(24)21-16,20-6-7-23)14-5-8-26-10-14/h3-5,8,10,15,20,23H,6-7,9H2,1-2H3,(H,21,24). The summed E-state index contributed by atoms with van der Waals surface area (Å²) < 4.78 is 5.33. The van der Waals surface area contributed by atoms with Crippen molar-refractivity contribution in [2.45, 2.75) is 25.8 Å². The number of hydrogen-bond acceptors (Lipinski definition) is 6. The van der Waals surface area contributed by atoms with Crippen LogP contribution in [0.5, 0.6) is 0 Å². The minimum Gasteiger partial charge on any atom is -0.395 e. The summed E-state index contributed by atoms with van der Waals surface area (Å²) in [6, 6.07) is 1.98. The highest BCUT2D eigenvalue weighted by atomic mass is 32.1. The van der Waals surface area contributed by atoms with Crippen LogP contribution in [0.1, 0.15) is 29.0 Å². The number of amides is 1. The van der Waals surface area contributed by atoms with Gasteiger partial charge < -0.3 is 14.9 Å². The Morgan fingerprint density at radius 1 is 1.46 bits per heavy atom. The molecule has 0 aromatic carbocycles. The van der Waals surface area contributed by atoms with Gasteiger partial charge in [0.05, 0.1) is 12.3 Å². The number of hydrogen-bond donors (Lipinski definition) is 3. The zero-order valence-corrected chi connectivity index (χ0v) is 15.5. The number of rotatable bonds is 5. The number of fused-ring (bicyclic) bond motifs is 1. The molecule has 3 N–H and O–H groups in total. The average molecular weight is 371 g/mol. The number of aliphatic hydroxyl groups is 1. The summed E-state index contributed by atoms with van der Waals surface area (Å²) in [6.45, 7) is 4.15. The van der Waals surface area contributed by atoms with Crippen LogP contribution in [-0.2, 0) is 10.3 Å². The van der Waals surface area contributed by atoms with Gasteiger partial charge in [-0.1, -0.05) is 11.2 Å². The van der Waals surface area contributed by atoms with Crippen molar-refractivity contribution >= 4 is 22.8 Å². The number of nitrogens with one attached hydrogen (secondary N) is 2. The van der Waals surface area contributed by atoms with Gasteiger partial charge in [-0.15, -0.1) is 0 Å². The molecule has 2 aromatic heterocycles. The number of carbonyl (C=O) groups excluding carboxylic acids is 1. The largest absolute Gasteiger partial charge is 0.395 e. The molecule has 0 bridgehead atoms. The number of allylic oxidation sites excluding steroid dienone is 3. The van der Waals surface area contributed by atoms with E-state index in [1.165, 1.54) is 0 Å². The van der Waals surface area contributed by atoms with Gasteiger partial charge in [-0.3, -0.25) is 10.1 Å². The van der Waals surface area contributed by atoms with Crippen molar-refractivity contribution in [3.8, 4) is 0 Å². The minimum atomic E-state index is -0.882. The molecule has 2 aliphatic rings. The fourth-order valence-corrected chi connectivity index (χ4v) is 4.83. The second-order valence-corrected chi connectivity index (χ2v) is 7.47. The first kappa shape index (κ1) is 17.2. The first-order valence-electron chi connectivity index (χ1n) is 8.62. The van der Waals surface area contributed by atoms with Crippen LogP contribution in [-0.4, -0.2) is 29.3 Å². The van der Waals surface area contributed by atoms with Crippen molar-refractivity contribution in [2.24, 2.45) is 5.92 Å². The molecule has 0 radical (unpaired) electrons. The Morgan fingerprint density at radius 2 is 2.31 bits per heavy atom. The predicted molar refractivity (Wildman–Crippen MR) is 99.4 cm³/mol. The molecule has 1 amide bonds. The van der Waals surface area contributed by atoms with E-state index in [0.717, 1.165) is 33.9 Å². The van der Waals surface area contributed by atoms with Crippen molar-refractivity contribution in [2.75, 3.05) is 13.2 Å². The van der Waals surface area contributed by atoms with Gasteiger partial charge in [-0.25, -0.2) is 0 Å². The third-order valence-corrected chi connectivity index (χ3v) is 5.93. The molecule has 26 heavy (non-hydrogen) atoms. The molecule has 4 rings (SSSR count). The van der Waals surface area contributed by atoms with Crippen molar-refractivity contribution < 1.29 is 14.4 Å². The van der Waals surface area contributed by atoms with E-state index in [1.54, 1.807) is 11.3 Å². The monoisotopic (exact) mass is 371 g/mol. The molecule has 3 heterocycles. The molecule has 0 saturated carbocycles. The molecular weight excluding hydrogens is 350 g/mol. The molecular formula is C19H21N3O3S. The van der Waals surface area contributed by atoms with E-state index in [2.05, 4.69) is 15.8 Å². The van der Waals surface area contributed by atoms with Crippen molar-refractivity contribution in [1.82, 2.24) is 15.8 Å². The summed E-state index contributed by atoms with van der Waals surface area (Å²) >= 11 is 1.56. The molecule has 1 aliphatic heterocycles. The Hall–Kier alpha value is -2.22. The van der Waals surface area contributed by atoms with Gasteiger partial charge in [0.25, 0.3) is 0 Å². The van der Waals surface area contributed by atoms with Crippen LogP contribution in [0.15, 0.2) is 39.2 Å². The maximum Gasteiger partial charge on any atom is 0.249 e. The van der Waals surface area contributed by atoms with Gasteiger partial charge in [0, 0.05) is 23.7 Å². The Kier molecular flexibility index (Phi) is 4.30. The molecule has 1 aliphatic carbocycles. The number of aryl methyl sites for hydroxylation is 2. The van der Waals surface area contributed by atoms with Gasteiger partial charge in [-0.2, -0.15) is 11.3 Å². The SMILES string of the molecule is Cc1noc(C)c1C1=CC=C2NC(=O)C(NCCO)(c3ccsc3)C2C1. The summed E-state index contributed by atoms with van der Waals surface area (Å²) in [7, 11) is 0. The van der Waals surface area contributed by atoms with Gasteiger partial charge in [0.15, 0.2) is 0 Å². The average Bonchev–Trinajstić information content (AvgIpc) is 3.33. The molecule has 1 fully saturated rings. The topological polar surface area (TPSA) is 87.4 Å². The summed E-state index contributed by atoms with van der Waals surface area (Å²) in [5.41, 5.74) is 3.93. The Labute approximate surface area is 155 Å². The Bertz CT molecular complexity index is 878. The van der Waals surface area contributed by atoms with Crippen LogP contribution in [0.25, 0.3) is 5.57 Å². The van der Waals surface area contributed by atoms with E-state index in [4.69, 9.17) is 4.52 Å². The predicted octanol–water partition coefficient (Wildman–Crippen LogP) is 2.25. The van der Waals surface area contributed by atoms with Crippen molar-refractivity contribution in [3.05, 3.63) is 57.3 Å². The highest BCUT2D eigenvalue weighted by molar-refractivity contribution is 7.08. The van der Waals surface area contributed by atoms with Gasteiger partial charge in [-0.05, 0) is 54.3 Å². The maximum atomic E-state index is 13.0. The second kappa shape index (κ2) is 6.50. The lowest BCUT2D eigenvalue weighted by atomic mass is 9.74. The molecule has 1 saturated heterocycles. The van der Waals surface area contributed by atoms with Crippen LogP contribution in [0, 0.1) is 19.8 Å². The number of carbonyl (C=O) groups is 1. The van der Waals surface area contributed by atoms with E-state index < -0.39 is 5.54 Å².